The first-order valence-electron chi connectivity index (χ1n) is 6.96. The summed E-state index contributed by atoms with van der Waals surface area (Å²) in [5.74, 6) is 0.296. The van der Waals surface area contributed by atoms with Gasteiger partial charge in [-0.25, -0.2) is 0 Å². The highest BCUT2D eigenvalue weighted by Gasteiger charge is 2.24. The first-order valence-corrected chi connectivity index (χ1v) is 7.34. The molecule has 1 aliphatic heterocycles. The summed E-state index contributed by atoms with van der Waals surface area (Å²) in [7, 11) is 0. The van der Waals surface area contributed by atoms with E-state index in [0.29, 0.717) is 29.5 Å². The molecule has 2 heterocycles. The third kappa shape index (κ3) is 2.57. The van der Waals surface area contributed by atoms with Gasteiger partial charge in [0.15, 0.2) is 5.82 Å². The van der Waals surface area contributed by atoms with Gasteiger partial charge in [0.05, 0.1) is 4.92 Å². The van der Waals surface area contributed by atoms with Crippen LogP contribution in [0.15, 0.2) is 35.1 Å². The number of nitrogens with one attached hydrogen (secondary N) is 1. The van der Waals surface area contributed by atoms with Crippen LogP contribution in [-0.2, 0) is 13.0 Å². The van der Waals surface area contributed by atoms with E-state index in [1.807, 2.05) is 12.1 Å². The van der Waals surface area contributed by atoms with Crippen LogP contribution >= 0.6 is 11.6 Å². The van der Waals surface area contributed by atoms with Gasteiger partial charge in [-0.3, -0.25) is 19.5 Å². The summed E-state index contributed by atoms with van der Waals surface area (Å²) in [6.07, 6.45) is 1.04. The van der Waals surface area contributed by atoms with Crippen LogP contribution in [0.3, 0.4) is 0 Å². The Morgan fingerprint density at radius 1 is 1.32 bits per heavy atom. The van der Waals surface area contributed by atoms with E-state index in [1.165, 1.54) is 10.6 Å². The number of nitro groups is 1. The lowest BCUT2D eigenvalue weighted by Crippen LogP contribution is -2.31. The van der Waals surface area contributed by atoms with Gasteiger partial charge in [-0.15, -0.1) is 0 Å². The lowest BCUT2D eigenvalue weighted by atomic mass is 10.1. The van der Waals surface area contributed by atoms with Crippen molar-refractivity contribution in [3.05, 3.63) is 66.9 Å². The van der Waals surface area contributed by atoms with Gasteiger partial charge < -0.3 is 5.32 Å². The van der Waals surface area contributed by atoms with Gasteiger partial charge >= 0.3 is 5.69 Å². The van der Waals surface area contributed by atoms with Crippen LogP contribution in [0.1, 0.15) is 17.5 Å². The smallest absolute Gasteiger partial charge is 0.310 e. The average Bonchev–Trinajstić information content (AvgIpc) is 2.52. The van der Waals surface area contributed by atoms with E-state index in [1.54, 1.807) is 12.1 Å². The zero-order valence-electron chi connectivity index (χ0n) is 11.7. The Labute approximate surface area is 131 Å². The highest BCUT2D eigenvalue weighted by molar-refractivity contribution is 6.31. The molecule has 0 bridgehead atoms. The first-order chi connectivity index (χ1) is 10.6. The number of rotatable bonds is 3. The summed E-state index contributed by atoms with van der Waals surface area (Å²) in [6.45, 7) is 1.11. The molecule has 1 aromatic carbocycles. The summed E-state index contributed by atoms with van der Waals surface area (Å²) >= 11 is 6.12. The van der Waals surface area contributed by atoms with Gasteiger partial charge in [-0.05, 0) is 18.1 Å². The van der Waals surface area contributed by atoms with Crippen LogP contribution in [0.2, 0.25) is 5.02 Å². The van der Waals surface area contributed by atoms with Gasteiger partial charge in [-0.2, -0.15) is 0 Å². The third-order valence-electron chi connectivity index (χ3n) is 3.73. The molecule has 2 aromatic rings. The fourth-order valence-corrected chi connectivity index (χ4v) is 2.87. The second-order valence-electron chi connectivity index (χ2n) is 5.17. The summed E-state index contributed by atoms with van der Waals surface area (Å²) in [5.41, 5.74) is 0.890. The molecular formula is C15H14ClN3O3. The normalized spacial score (nSPS) is 13.3. The summed E-state index contributed by atoms with van der Waals surface area (Å²) in [4.78, 5) is 23.4. The Hall–Kier alpha value is -2.34. The van der Waals surface area contributed by atoms with Crippen LogP contribution < -0.4 is 10.9 Å². The van der Waals surface area contributed by atoms with Crippen LogP contribution in [-0.4, -0.2) is 16.0 Å². The summed E-state index contributed by atoms with van der Waals surface area (Å²) in [6, 6.07) is 8.54. The molecule has 1 aromatic heterocycles. The van der Waals surface area contributed by atoms with Crippen molar-refractivity contribution >= 4 is 23.1 Å². The number of aromatic nitrogens is 1. The quantitative estimate of drug-likeness (QED) is 0.697. The number of hydrogen-bond acceptors (Lipinski definition) is 4. The predicted octanol–water partition coefficient (Wildman–Crippen LogP) is 2.82. The van der Waals surface area contributed by atoms with Crippen molar-refractivity contribution in [1.29, 1.82) is 0 Å². The van der Waals surface area contributed by atoms with Gasteiger partial charge in [-0.1, -0.05) is 29.8 Å². The van der Waals surface area contributed by atoms with Crippen molar-refractivity contribution in [1.82, 2.24) is 4.57 Å². The molecule has 114 valence electrons. The van der Waals surface area contributed by atoms with Crippen molar-refractivity contribution in [2.75, 3.05) is 11.9 Å². The Morgan fingerprint density at radius 3 is 2.82 bits per heavy atom. The number of anilines is 1. The number of hydrogen-bond donors (Lipinski definition) is 1. The SMILES string of the molecule is O=c1c(Cc2ccccc2Cl)cc([N+](=O)[O-])c2n1CCCN2. The zero-order valence-corrected chi connectivity index (χ0v) is 12.5. The van der Waals surface area contributed by atoms with Crippen molar-refractivity contribution in [3.8, 4) is 0 Å². The Bertz CT molecular complexity index is 801. The largest absolute Gasteiger partial charge is 0.366 e. The summed E-state index contributed by atoms with van der Waals surface area (Å²) < 4.78 is 1.45. The van der Waals surface area contributed by atoms with Crippen LogP contribution in [0.5, 0.6) is 0 Å². The monoisotopic (exact) mass is 319 g/mol. The van der Waals surface area contributed by atoms with Crippen LogP contribution in [0, 0.1) is 10.1 Å². The zero-order chi connectivity index (χ0) is 15.7. The molecule has 0 spiro atoms. The Balaban J connectivity index is 2.12. The second-order valence-corrected chi connectivity index (χ2v) is 5.57. The maximum Gasteiger partial charge on any atom is 0.310 e. The maximum absolute atomic E-state index is 12.6. The molecule has 1 N–H and O–H groups in total. The van der Waals surface area contributed by atoms with Crippen molar-refractivity contribution in [2.45, 2.75) is 19.4 Å². The lowest BCUT2D eigenvalue weighted by Gasteiger charge is -2.20. The number of nitrogens with zero attached hydrogens (tertiary/aromatic N) is 2. The van der Waals surface area contributed by atoms with Crippen LogP contribution in [0.4, 0.5) is 11.5 Å². The van der Waals surface area contributed by atoms with Gasteiger partial charge in [0.2, 0.25) is 0 Å². The highest BCUT2D eigenvalue weighted by atomic mass is 35.5. The van der Waals surface area contributed by atoms with Gasteiger partial charge in [0, 0.05) is 36.2 Å². The van der Waals surface area contributed by atoms with Crippen molar-refractivity contribution < 1.29 is 4.92 Å². The summed E-state index contributed by atoms with van der Waals surface area (Å²) in [5, 5.41) is 14.8. The molecule has 0 fully saturated rings. The molecule has 7 heteroatoms. The van der Waals surface area contributed by atoms with Crippen molar-refractivity contribution in [3.63, 3.8) is 0 Å². The minimum atomic E-state index is -0.459. The maximum atomic E-state index is 12.6. The fourth-order valence-electron chi connectivity index (χ4n) is 2.66. The molecule has 0 atom stereocenters. The highest BCUT2D eigenvalue weighted by Crippen LogP contribution is 2.27. The molecule has 6 nitrogen and oxygen atoms in total. The fraction of sp³-hybridized carbons (Fsp3) is 0.267. The minimum Gasteiger partial charge on any atom is -0.366 e. The number of halogens is 1. The molecule has 1 aliphatic rings. The number of benzene rings is 1. The Kier molecular flexibility index (Phi) is 3.85. The number of pyridine rings is 1. The lowest BCUT2D eigenvalue weighted by molar-refractivity contribution is -0.384. The third-order valence-corrected chi connectivity index (χ3v) is 4.10. The van der Waals surface area contributed by atoms with Crippen LogP contribution in [0.25, 0.3) is 0 Å². The van der Waals surface area contributed by atoms with E-state index >= 15 is 0 Å². The molecule has 0 saturated heterocycles. The second kappa shape index (κ2) is 5.81. The molecular weight excluding hydrogens is 306 g/mol. The van der Waals surface area contributed by atoms with E-state index < -0.39 is 4.92 Å². The first kappa shape index (κ1) is 14.6. The molecule has 0 saturated carbocycles. The van der Waals surface area contributed by atoms with Crippen molar-refractivity contribution in [2.24, 2.45) is 0 Å². The van der Waals surface area contributed by atoms with Gasteiger partial charge in [0.25, 0.3) is 5.56 Å². The molecule has 0 unspecified atom stereocenters. The molecule has 3 rings (SSSR count). The molecule has 0 amide bonds. The van der Waals surface area contributed by atoms with E-state index in [-0.39, 0.29) is 17.7 Å². The molecule has 22 heavy (non-hydrogen) atoms. The standard InChI is InChI=1S/C15H14ClN3O3/c16-12-5-2-1-4-10(12)8-11-9-13(19(21)22)14-17-6-3-7-18(14)15(11)20/h1-2,4-5,9,17H,3,6-8H2. The van der Waals surface area contributed by atoms with Gasteiger partial charge in [0.1, 0.15) is 0 Å². The number of fused-ring (bicyclic) bond motifs is 1. The van der Waals surface area contributed by atoms with E-state index in [4.69, 9.17) is 11.6 Å². The predicted molar refractivity (Wildman–Crippen MR) is 84.7 cm³/mol. The topological polar surface area (TPSA) is 77.2 Å². The average molecular weight is 320 g/mol. The molecule has 0 radical (unpaired) electrons. The van der Waals surface area contributed by atoms with E-state index in [0.717, 1.165) is 12.0 Å². The minimum absolute atomic E-state index is 0.0682. The molecule has 0 aliphatic carbocycles. The van der Waals surface area contributed by atoms with E-state index in [2.05, 4.69) is 5.32 Å². The Morgan fingerprint density at radius 2 is 2.09 bits per heavy atom. The van der Waals surface area contributed by atoms with E-state index in [9.17, 15) is 14.9 Å².